The number of hydrogen-bond donors (Lipinski definition) is 0. The maximum Gasteiger partial charge on any atom is 0.0130 e. The van der Waals surface area contributed by atoms with Gasteiger partial charge in [0.05, 0.1) is 0 Å². The SMILES string of the molecule is CC1C(N(C)C)CCCC1N(C)C. The zero-order chi connectivity index (χ0) is 10.0. The molecular formula is C11H24N2. The van der Waals surface area contributed by atoms with E-state index in [0.717, 1.165) is 18.0 Å². The Morgan fingerprint density at radius 3 is 1.54 bits per heavy atom. The molecule has 1 saturated carbocycles. The highest BCUT2D eigenvalue weighted by molar-refractivity contribution is 4.87. The van der Waals surface area contributed by atoms with E-state index in [2.05, 4.69) is 44.9 Å². The highest BCUT2D eigenvalue weighted by Crippen LogP contribution is 2.29. The molecule has 0 spiro atoms. The van der Waals surface area contributed by atoms with Crippen molar-refractivity contribution in [1.82, 2.24) is 9.80 Å². The predicted octanol–water partition coefficient (Wildman–Crippen LogP) is 1.67. The van der Waals surface area contributed by atoms with Gasteiger partial charge in [-0.15, -0.1) is 0 Å². The average Bonchev–Trinajstić information content (AvgIpc) is 2.03. The highest BCUT2D eigenvalue weighted by atomic mass is 15.1. The average molecular weight is 184 g/mol. The van der Waals surface area contributed by atoms with Crippen LogP contribution >= 0.6 is 0 Å². The van der Waals surface area contributed by atoms with Gasteiger partial charge in [-0.3, -0.25) is 0 Å². The molecular weight excluding hydrogens is 160 g/mol. The summed E-state index contributed by atoms with van der Waals surface area (Å²) in [6.45, 7) is 2.40. The van der Waals surface area contributed by atoms with Gasteiger partial charge in [-0.05, 0) is 47.0 Å². The van der Waals surface area contributed by atoms with E-state index in [0.29, 0.717) is 0 Å². The van der Waals surface area contributed by atoms with Crippen molar-refractivity contribution in [2.75, 3.05) is 28.2 Å². The molecule has 2 unspecified atom stereocenters. The lowest BCUT2D eigenvalue weighted by Crippen LogP contribution is -2.48. The summed E-state index contributed by atoms with van der Waals surface area (Å²) < 4.78 is 0. The molecule has 13 heavy (non-hydrogen) atoms. The minimum absolute atomic E-state index is 0.779. The van der Waals surface area contributed by atoms with Crippen LogP contribution in [0, 0.1) is 5.92 Å². The molecule has 0 aromatic rings. The summed E-state index contributed by atoms with van der Waals surface area (Å²) in [6, 6.07) is 1.56. The van der Waals surface area contributed by atoms with Gasteiger partial charge in [0.25, 0.3) is 0 Å². The molecule has 2 atom stereocenters. The standard InChI is InChI=1S/C11H24N2/c1-9-10(12(2)3)7-6-8-11(9)13(4)5/h9-11H,6-8H2,1-5H3. The van der Waals surface area contributed by atoms with Gasteiger partial charge in [-0.25, -0.2) is 0 Å². The van der Waals surface area contributed by atoms with Crippen LogP contribution in [0.1, 0.15) is 26.2 Å². The van der Waals surface area contributed by atoms with Crippen LogP contribution in [0.15, 0.2) is 0 Å². The van der Waals surface area contributed by atoms with Gasteiger partial charge in [0, 0.05) is 12.1 Å². The first-order valence-electron chi connectivity index (χ1n) is 5.37. The highest BCUT2D eigenvalue weighted by Gasteiger charge is 2.31. The molecule has 0 amide bonds. The molecule has 2 nitrogen and oxygen atoms in total. The maximum absolute atomic E-state index is 2.40. The zero-order valence-corrected chi connectivity index (χ0v) is 9.75. The van der Waals surface area contributed by atoms with Crippen molar-refractivity contribution in [3.63, 3.8) is 0 Å². The van der Waals surface area contributed by atoms with Crippen molar-refractivity contribution in [3.05, 3.63) is 0 Å². The lowest BCUT2D eigenvalue weighted by atomic mass is 9.80. The molecule has 0 radical (unpaired) electrons. The summed E-state index contributed by atoms with van der Waals surface area (Å²) in [5.74, 6) is 0.804. The Balaban J connectivity index is 2.60. The lowest BCUT2D eigenvalue weighted by Gasteiger charge is -2.42. The first-order valence-corrected chi connectivity index (χ1v) is 5.37. The fourth-order valence-electron chi connectivity index (χ4n) is 2.78. The summed E-state index contributed by atoms with van der Waals surface area (Å²) in [5, 5.41) is 0. The van der Waals surface area contributed by atoms with Gasteiger partial charge in [0.15, 0.2) is 0 Å². The van der Waals surface area contributed by atoms with Crippen LogP contribution in [0.3, 0.4) is 0 Å². The molecule has 1 fully saturated rings. The number of hydrogen-bond acceptors (Lipinski definition) is 2. The molecule has 0 bridgehead atoms. The van der Waals surface area contributed by atoms with Crippen molar-refractivity contribution in [2.45, 2.75) is 38.3 Å². The van der Waals surface area contributed by atoms with Crippen molar-refractivity contribution >= 4 is 0 Å². The van der Waals surface area contributed by atoms with Crippen LogP contribution in [0.4, 0.5) is 0 Å². The van der Waals surface area contributed by atoms with Crippen molar-refractivity contribution < 1.29 is 0 Å². The number of nitrogens with zero attached hydrogens (tertiary/aromatic N) is 2. The van der Waals surface area contributed by atoms with Crippen LogP contribution in [0.2, 0.25) is 0 Å². The summed E-state index contributed by atoms with van der Waals surface area (Å²) in [4.78, 5) is 4.78. The van der Waals surface area contributed by atoms with Crippen molar-refractivity contribution in [2.24, 2.45) is 5.92 Å². The van der Waals surface area contributed by atoms with E-state index in [4.69, 9.17) is 0 Å². The van der Waals surface area contributed by atoms with Gasteiger partial charge >= 0.3 is 0 Å². The molecule has 0 saturated heterocycles. The van der Waals surface area contributed by atoms with Crippen LogP contribution in [-0.2, 0) is 0 Å². The van der Waals surface area contributed by atoms with E-state index < -0.39 is 0 Å². The smallest absolute Gasteiger partial charge is 0.0130 e. The van der Waals surface area contributed by atoms with Crippen molar-refractivity contribution in [3.8, 4) is 0 Å². The van der Waals surface area contributed by atoms with E-state index in [-0.39, 0.29) is 0 Å². The Bertz CT molecular complexity index is 138. The van der Waals surface area contributed by atoms with Crippen molar-refractivity contribution in [1.29, 1.82) is 0 Å². The van der Waals surface area contributed by atoms with E-state index in [1.807, 2.05) is 0 Å². The normalized spacial score (nSPS) is 35.8. The van der Waals surface area contributed by atoms with Gasteiger partial charge < -0.3 is 9.80 Å². The Labute approximate surface area is 82.9 Å². The van der Waals surface area contributed by atoms with Gasteiger partial charge in [-0.1, -0.05) is 13.3 Å². The molecule has 0 aliphatic heterocycles. The summed E-state index contributed by atoms with van der Waals surface area (Å²) in [6.07, 6.45) is 4.13. The monoisotopic (exact) mass is 184 g/mol. The Morgan fingerprint density at radius 1 is 0.846 bits per heavy atom. The molecule has 0 N–H and O–H groups in total. The summed E-state index contributed by atoms with van der Waals surface area (Å²) >= 11 is 0. The summed E-state index contributed by atoms with van der Waals surface area (Å²) in [7, 11) is 8.83. The van der Waals surface area contributed by atoms with Crippen LogP contribution in [0.25, 0.3) is 0 Å². The van der Waals surface area contributed by atoms with Crippen LogP contribution in [-0.4, -0.2) is 50.1 Å². The second-order valence-corrected chi connectivity index (χ2v) is 4.85. The molecule has 1 aliphatic carbocycles. The number of rotatable bonds is 2. The lowest BCUT2D eigenvalue weighted by molar-refractivity contribution is 0.0828. The van der Waals surface area contributed by atoms with E-state index >= 15 is 0 Å². The molecule has 0 aromatic carbocycles. The van der Waals surface area contributed by atoms with Gasteiger partial charge in [0.1, 0.15) is 0 Å². The summed E-state index contributed by atoms with van der Waals surface area (Å²) in [5.41, 5.74) is 0. The largest absolute Gasteiger partial charge is 0.306 e. The maximum atomic E-state index is 2.40. The van der Waals surface area contributed by atoms with Crippen LogP contribution < -0.4 is 0 Å². The molecule has 0 aromatic heterocycles. The quantitative estimate of drug-likeness (QED) is 0.644. The Hall–Kier alpha value is -0.0800. The molecule has 2 heteroatoms. The van der Waals surface area contributed by atoms with Crippen LogP contribution in [0.5, 0.6) is 0 Å². The van der Waals surface area contributed by atoms with Gasteiger partial charge in [0.2, 0.25) is 0 Å². The molecule has 1 aliphatic rings. The third-order valence-electron chi connectivity index (χ3n) is 3.54. The predicted molar refractivity (Wildman–Crippen MR) is 58.0 cm³/mol. The Kier molecular flexibility index (Phi) is 3.74. The second kappa shape index (κ2) is 4.43. The minimum atomic E-state index is 0.779. The second-order valence-electron chi connectivity index (χ2n) is 4.85. The molecule has 0 heterocycles. The first-order chi connectivity index (χ1) is 6.04. The van der Waals surface area contributed by atoms with E-state index in [1.165, 1.54) is 19.3 Å². The zero-order valence-electron chi connectivity index (χ0n) is 9.75. The Morgan fingerprint density at radius 2 is 1.23 bits per heavy atom. The van der Waals surface area contributed by atoms with Gasteiger partial charge in [-0.2, -0.15) is 0 Å². The third kappa shape index (κ3) is 2.44. The third-order valence-corrected chi connectivity index (χ3v) is 3.54. The topological polar surface area (TPSA) is 6.48 Å². The first kappa shape index (κ1) is 11.0. The fraction of sp³-hybridized carbons (Fsp3) is 1.00. The molecule has 1 rings (SSSR count). The van der Waals surface area contributed by atoms with E-state index in [1.54, 1.807) is 0 Å². The van der Waals surface area contributed by atoms with E-state index in [9.17, 15) is 0 Å². The fourth-order valence-corrected chi connectivity index (χ4v) is 2.78. The molecule has 78 valence electrons. The minimum Gasteiger partial charge on any atom is -0.306 e.